The van der Waals surface area contributed by atoms with Gasteiger partial charge in [-0.1, -0.05) is 30.3 Å². The molecule has 1 saturated heterocycles. The fourth-order valence-electron chi connectivity index (χ4n) is 4.23. The molecule has 2 heterocycles. The second-order valence-corrected chi connectivity index (χ2v) is 8.23. The minimum absolute atomic E-state index is 0.0712. The van der Waals surface area contributed by atoms with Crippen LogP contribution in [0.15, 0.2) is 48.5 Å². The Labute approximate surface area is 193 Å². The minimum Gasteiger partial charge on any atom is -0.493 e. The highest BCUT2D eigenvalue weighted by molar-refractivity contribution is 6.02. The highest BCUT2D eigenvalue weighted by Crippen LogP contribution is 2.35. The topological polar surface area (TPSA) is 86.9 Å². The smallest absolute Gasteiger partial charge is 0.268 e. The van der Waals surface area contributed by atoms with Gasteiger partial charge in [-0.05, 0) is 30.7 Å². The summed E-state index contributed by atoms with van der Waals surface area (Å²) in [6, 6.07) is 15.0. The van der Waals surface area contributed by atoms with Gasteiger partial charge in [0, 0.05) is 38.1 Å². The molecule has 2 amide bonds. The molecule has 8 heteroatoms. The van der Waals surface area contributed by atoms with Crippen LogP contribution < -0.4 is 14.8 Å². The van der Waals surface area contributed by atoms with E-state index < -0.39 is 6.04 Å². The molecular weight excluding hydrogens is 420 g/mol. The third-order valence-corrected chi connectivity index (χ3v) is 6.04. The van der Waals surface area contributed by atoms with Crippen LogP contribution in [0, 0.1) is 0 Å². The van der Waals surface area contributed by atoms with Gasteiger partial charge in [0.2, 0.25) is 5.91 Å². The molecule has 1 atom stereocenters. The fourth-order valence-corrected chi connectivity index (χ4v) is 4.23. The van der Waals surface area contributed by atoms with Crippen molar-refractivity contribution < 1.29 is 19.1 Å². The van der Waals surface area contributed by atoms with E-state index in [9.17, 15) is 9.59 Å². The van der Waals surface area contributed by atoms with E-state index in [1.807, 2.05) is 29.2 Å². The maximum absolute atomic E-state index is 12.9. The van der Waals surface area contributed by atoms with Gasteiger partial charge in [-0.2, -0.15) is 0 Å². The van der Waals surface area contributed by atoms with Gasteiger partial charge in [-0.25, -0.2) is 0 Å². The summed E-state index contributed by atoms with van der Waals surface area (Å²) in [7, 11) is 3.13. The molecule has 0 radical (unpaired) electrons. The van der Waals surface area contributed by atoms with Gasteiger partial charge in [0.1, 0.15) is 11.7 Å². The predicted molar refractivity (Wildman–Crippen MR) is 127 cm³/mol. The van der Waals surface area contributed by atoms with E-state index in [2.05, 4.69) is 27.3 Å². The van der Waals surface area contributed by atoms with Crippen LogP contribution in [0.1, 0.15) is 23.0 Å². The summed E-state index contributed by atoms with van der Waals surface area (Å²) in [6.07, 6.45) is 0. The maximum Gasteiger partial charge on any atom is 0.268 e. The molecule has 1 aliphatic heterocycles. The van der Waals surface area contributed by atoms with Crippen LogP contribution in [-0.2, 0) is 11.3 Å². The normalized spacial score (nSPS) is 15.3. The number of benzene rings is 2. The van der Waals surface area contributed by atoms with E-state index in [-0.39, 0.29) is 11.8 Å². The number of aromatic nitrogens is 1. The molecule has 0 aliphatic carbocycles. The number of methoxy groups -OCH3 is 2. The van der Waals surface area contributed by atoms with Gasteiger partial charge in [0.15, 0.2) is 11.5 Å². The number of hydrogen-bond acceptors (Lipinski definition) is 5. The second-order valence-electron chi connectivity index (χ2n) is 8.23. The number of hydrogen-bond donors (Lipinski definition) is 2. The van der Waals surface area contributed by atoms with Gasteiger partial charge < -0.3 is 24.7 Å². The lowest BCUT2D eigenvalue weighted by atomic mass is 10.2. The SMILES string of the molecule is COc1ccc2[nH]c(C(=O)NC(C)C(=O)N3CCN(Cc4ccccc4)CC3)cc2c1OC. The Balaban J connectivity index is 1.35. The Kier molecular flexibility index (Phi) is 6.84. The maximum atomic E-state index is 12.9. The van der Waals surface area contributed by atoms with E-state index >= 15 is 0 Å². The molecule has 1 unspecified atom stereocenters. The van der Waals surface area contributed by atoms with Crippen molar-refractivity contribution in [3.8, 4) is 11.5 Å². The average Bonchev–Trinajstić information content (AvgIpc) is 3.28. The van der Waals surface area contributed by atoms with Crippen molar-refractivity contribution in [3.63, 3.8) is 0 Å². The quantitative estimate of drug-likeness (QED) is 0.578. The summed E-state index contributed by atoms with van der Waals surface area (Å²) in [5.41, 5.74) is 2.39. The molecule has 1 fully saturated rings. The second kappa shape index (κ2) is 9.95. The summed E-state index contributed by atoms with van der Waals surface area (Å²) in [6.45, 7) is 5.52. The first-order chi connectivity index (χ1) is 16.0. The molecule has 8 nitrogen and oxygen atoms in total. The molecule has 33 heavy (non-hydrogen) atoms. The van der Waals surface area contributed by atoms with Gasteiger partial charge in [0.25, 0.3) is 5.91 Å². The van der Waals surface area contributed by atoms with Gasteiger partial charge in [-0.3, -0.25) is 14.5 Å². The first-order valence-electron chi connectivity index (χ1n) is 11.1. The van der Waals surface area contributed by atoms with Crippen molar-refractivity contribution >= 4 is 22.7 Å². The van der Waals surface area contributed by atoms with Gasteiger partial charge in [0.05, 0.1) is 19.7 Å². The summed E-state index contributed by atoms with van der Waals surface area (Å²) in [5.74, 6) is 0.738. The summed E-state index contributed by atoms with van der Waals surface area (Å²) >= 11 is 0. The van der Waals surface area contributed by atoms with Gasteiger partial charge in [-0.15, -0.1) is 0 Å². The molecule has 1 aromatic heterocycles. The zero-order valence-electron chi connectivity index (χ0n) is 19.3. The number of nitrogens with one attached hydrogen (secondary N) is 2. The number of fused-ring (bicyclic) bond motifs is 1. The van der Waals surface area contributed by atoms with Crippen LogP contribution in [-0.4, -0.2) is 73.0 Å². The number of nitrogens with zero attached hydrogens (tertiary/aromatic N) is 2. The molecule has 1 aliphatic rings. The van der Waals surface area contributed by atoms with Crippen LogP contribution in [0.25, 0.3) is 10.9 Å². The summed E-state index contributed by atoms with van der Waals surface area (Å²) in [5, 5.41) is 3.57. The Morgan fingerprint density at radius 1 is 1.03 bits per heavy atom. The Bertz CT molecular complexity index is 1120. The van der Waals surface area contributed by atoms with Gasteiger partial charge >= 0.3 is 0 Å². The third-order valence-electron chi connectivity index (χ3n) is 6.04. The molecule has 3 aromatic rings. The van der Waals surface area contributed by atoms with Crippen molar-refractivity contribution in [2.45, 2.75) is 19.5 Å². The molecule has 0 spiro atoms. The van der Waals surface area contributed by atoms with E-state index in [4.69, 9.17) is 9.47 Å². The zero-order chi connectivity index (χ0) is 23.4. The van der Waals surface area contributed by atoms with Crippen molar-refractivity contribution in [2.75, 3.05) is 40.4 Å². The minimum atomic E-state index is -0.624. The molecule has 4 rings (SSSR count). The van der Waals surface area contributed by atoms with Crippen LogP contribution in [0.4, 0.5) is 0 Å². The highest BCUT2D eigenvalue weighted by Gasteiger charge is 2.26. The van der Waals surface area contributed by atoms with Crippen molar-refractivity contribution in [1.29, 1.82) is 0 Å². The zero-order valence-corrected chi connectivity index (χ0v) is 19.3. The number of H-pyrrole nitrogens is 1. The van der Waals surface area contributed by atoms with Crippen molar-refractivity contribution in [2.24, 2.45) is 0 Å². The lowest BCUT2D eigenvalue weighted by molar-refractivity contribution is -0.134. The largest absolute Gasteiger partial charge is 0.493 e. The number of aromatic amines is 1. The van der Waals surface area contributed by atoms with E-state index in [0.29, 0.717) is 30.3 Å². The van der Waals surface area contributed by atoms with E-state index in [1.165, 1.54) is 5.56 Å². The molecule has 2 aromatic carbocycles. The number of carbonyl (C=O) groups is 2. The van der Waals surface area contributed by atoms with Crippen LogP contribution in [0.3, 0.4) is 0 Å². The monoisotopic (exact) mass is 450 g/mol. The van der Waals surface area contributed by atoms with Crippen molar-refractivity contribution in [3.05, 3.63) is 59.8 Å². The number of ether oxygens (including phenoxy) is 2. The lowest BCUT2D eigenvalue weighted by Crippen LogP contribution is -2.53. The average molecular weight is 451 g/mol. The first kappa shape index (κ1) is 22.7. The summed E-state index contributed by atoms with van der Waals surface area (Å²) < 4.78 is 10.8. The Hall–Kier alpha value is -3.52. The number of carbonyl (C=O) groups excluding carboxylic acids is 2. The fraction of sp³-hybridized carbons (Fsp3) is 0.360. The van der Waals surface area contributed by atoms with E-state index in [1.54, 1.807) is 33.3 Å². The first-order valence-corrected chi connectivity index (χ1v) is 11.1. The molecule has 0 saturated carbocycles. The number of rotatable bonds is 7. The number of piperazine rings is 1. The van der Waals surface area contributed by atoms with Crippen molar-refractivity contribution in [1.82, 2.24) is 20.1 Å². The summed E-state index contributed by atoms with van der Waals surface area (Å²) in [4.78, 5) is 33.0. The predicted octanol–water partition coefficient (Wildman–Crippen LogP) is 2.65. The lowest BCUT2D eigenvalue weighted by Gasteiger charge is -2.36. The van der Waals surface area contributed by atoms with Crippen LogP contribution in [0.2, 0.25) is 0 Å². The molecule has 174 valence electrons. The Morgan fingerprint density at radius 3 is 2.42 bits per heavy atom. The Morgan fingerprint density at radius 2 is 1.76 bits per heavy atom. The molecular formula is C25H30N4O4. The third kappa shape index (κ3) is 4.96. The molecule has 2 N–H and O–H groups in total. The standard InChI is InChI=1S/C25H30N4O4/c1-17(25(31)29-13-11-28(12-14-29)16-18-7-5-4-6-8-18)26-24(30)21-15-19-20(27-21)9-10-22(32-2)23(19)33-3/h4-10,15,17,27H,11-14,16H2,1-3H3,(H,26,30). The van der Waals surface area contributed by atoms with E-state index in [0.717, 1.165) is 30.5 Å². The van der Waals surface area contributed by atoms with Crippen LogP contribution >= 0.6 is 0 Å². The molecule has 0 bridgehead atoms. The van der Waals surface area contributed by atoms with Crippen LogP contribution in [0.5, 0.6) is 11.5 Å². The highest BCUT2D eigenvalue weighted by atomic mass is 16.5. The number of amides is 2.